The Morgan fingerprint density at radius 2 is 1.89 bits per heavy atom. The summed E-state index contributed by atoms with van der Waals surface area (Å²) in [6.07, 6.45) is 2.41. The molecule has 1 aromatic heterocycles. The van der Waals surface area contributed by atoms with E-state index in [9.17, 15) is 4.79 Å². The Kier molecular flexibility index (Phi) is 5.53. The Balaban J connectivity index is 1.37. The van der Waals surface area contributed by atoms with Gasteiger partial charge in [-0.3, -0.25) is 9.17 Å². The third-order valence-corrected chi connectivity index (χ3v) is 6.30. The van der Waals surface area contributed by atoms with Crippen LogP contribution in [0.2, 0.25) is 0 Å². The van der Waals surface area contributed by atoms with E-state index in [4.69, 9.17) is 4.74 Å². The van der Waals surface area contributed by atoms with Crippen LogP contribution in [0.5, 0.6) is 5.75 Å². The van der Waals surface area contributed by atoms with E-state index < -0.39 is 0 Å². The molecule has 28 heavy (non-hydrogen) atoms. The SMILES string of the molecule is Cc1cccc(C)c1N1CCC[C@@H](COc2ccc(-c3cc(=O)[nH]s3)cc2)C1. The summed E-state index contributed by atoms with van der Waals surface area (Å²) in [5.41, 5.74) is 5.08. The summed E-state index contributed by atoms with van der Waals surface area (Å²) in [7, 11) is 0. The van der Waals surface area contributed by atoms with E-state index in [2.05, 4.69) is 41.3 Å². The fourth-order valence-electron chi connectivity index (χ4n) is 4.06. The molecule has 146 valence electrons. The molecule has 2 heterocycles. The summed E-state index contributed by atoms with van der Waals surface area (Å²) >= 11 is 1.36. The van der Waals surface area contributed by atoms with Crippen molar-refractivity contribution in [3.8, 4) is 16.2 Å². The van der Waals surface area contributed by atoms with Gasteiger partial charge in [-0.15, -0.1) is 0 Å². The van der Waals surface area contributed by atoms with Gasteiger partial charge in [-0.25, -0.2) is 0 Å². The van der Waals surface area contributed by atoms with Gasteiger partial charge in [0.1, 0.15) is 5.75 Å². The molecule has 1 aliphatic rings. The molecule has 0 aliphatic carbocycles. The molecule has 0 unspecified atom stereocenters. The van der Waals surface area contributed by atoms with E-state index in [1.165, 1.54) is 41.2 Å². The molecule has 0 saturated carbocycles. The number of hydrogen-bond acceptors (Lipinski definition) is 4. The Morgan fingerprint density at radius 3 is 2.57 bits per heavy atom. The number of para-hydroxylation sites is 1. The molecule has 0 spiro atoms. The number of anilines is 1. The second-order valence-electron chi connectivity index (χ2n) is 7.61. The molecule has 4 rings (SSSR count). The van der Waals surface area contributed by atoms with E-state index in [0.29, 0.717) is 5.92 Å². The minimum atomic E-state index is -0.0499. The number of aryl methyl sites for hydroxylation is 2. The quantitative estimate of drug-likeness (QED) is 0.661. The molecule has 2 aromatic carbocycles. The average molecular weight is 395 g/mol. The van der Waals surface area contributed by atoms with Crippen LogP contribution in [0.1, 0.15) is 24.0 Å². The summed E-state index contributed by atoms with van der Waals surface area (Å²) in [5.74, 6) is 1.41. The highest BCUT2D eigenvalue weighted by Crippen LogP contribution is 2.30. The Hall–Kier alpha value is -2.53. The summed E-state index contributed by atoms with van der Waals surface area (Å²) in [5, 5.41) is 0. The third kappa shape index (κ3) is 4.14. The Labute approximate surface area is 169 Å². The molecule has 0 bridgehead atoms. The average Bonchev–Trinajstić information content (AvgIpc) is 3.13. The van der Waals surface area contributed by atoms with Gasteiger partial charge in [0.05, 0.1) is 11.5 Å². The van der Waals surface area contributed by atoms with Crippen LogP contribution in [-0.4, -0.2) is 24.1 Å². The first-order valence-electron chi connectivity index (χ1n) is 9.83. The highest BCUT2D eigenvalue weighted by molar-refractivity contribution is 7.09. The predicted octanol–water partition coefficient (Wildman–Crippen LogP) is 5.02. The molecule has 1 saturated heterocycles. The van der Waals surface area contributed by atoms with Crippen LogP contribution in [0.15, 0.2) is 53.3 Å². The van der Waals surface area contributed by atoms with Crippen LogP contribution in [-0.2, 0) is 0 Å². The molecule has 5 heteroatoms. The predicted molar refractivity (Wildman–Crippen MR) is 117 cm³/mol. The number of piperidine rings is 1. The fourth-order valence-corrected chi connectivity index (χ4v) is 4.75. The number of nitrogens with one attached hydrogen (secondary N) is 1. The van der Waals surface area contributed by atoms with Gasteiger partial charge in [-0.1, -0.05) is 29.7 Å². The van der Waals surface area contributed by atoms with Crippen LogP contribution in [0.4, 0.5) is 5.69 Å². The van der Waals surface area contributed by atoms with Crippen LogP contribution in [0.3, 0.4) is 0 Å². The van der Waals surface area contributed by atoms with E-state index in [1.54, 1.807) is 6.07 Å². The maximum atomic E-state index is 11.3. The number of ether oxygens (including phenoxy) is 1. The van der Waals surface area contributed by atoms with E-state index in [1.807, 2.05) is 24.3 Å². The first-order chi connectivity index (χ1) is 13.6. The van der Waals surface area contributed by atoms with Gasteiger partial charge in [-0.2, -0.15) is 0 Å². The summed E-state index contributed by atoms with van der Waals surface area (Å²) in [6, 6.07) is 16.2. The van der Waals surface area contributed by atoms with Crippen molar-refractivity contribution in [1.29, 1.82) is 0 Å². The zero-order chi connectivity index (χ0) is 19.5. The van der Waals surface area contributed by atoms with Crippen molar-refractivity contribution in [2.24, 2.45) is 5.92 Å². The van der Waals surface area contributed by atoms with Crippen molar-refractivity contribution in [3.63, 3.8) is 0 Å². The number of aromatic nitrogens is 1. The maximum absolute atomic E-state index is 11.3. The maximum Gasteiger partial charge on any atom is 0.258 e. The molecule has 1 aliphatic heterocycles. The van der Waals surface area contributed by atoms with Gasteiger partial charge in [-0.05, 0) is 67.6 Å². The number of rotatable bonds is 5. The minimum absolute atomic E-state index is 0.0499. The molecule has 3 aromatic rings. The smallest absolute Gasteiger partial charge is 0.258 e. The van der Waals surface area contributed by atoms with E-state index in [-0.39, 0.29) is 5.56 Å². The molecular weight excluding hydrogens is 368 g/mol. The lowest BCUT2D eigenvalue weighted by Crippen LogP contribution is -2.38. The number of aromatic amines is 1. The second kappa shape index (κ2) is 8.23. The second-order valence-corrected chi connectivity index (χ2v) is 8.46. The lowest BCUT2D eigenvalue weighted by atomic mass is 9.96. The van der Waals surface area contributed by atoms with Crippen LogP contribution >= 0.6 is 11.5 Å². The van der Waals surface area contributed by atoms with Crippen molar-refractivity contribution in [2.75, 3.05) is 24.6 Å². The number of benzene rings is 2. The van der Waals surface area contributed by atoms with Gasteiger partial charge in [0.15, 0.2) is 0 Å². The van der Waals surface area contributed by atoms with E-state index in [0.717, 1.165) is 35.9 Å². The summed E-state index contributed by atoms with van der Waals surface area (Å²) in [4.78, 5) is 14.8. The van der Waals surface area contributed by atoms with Crippen LogP contribution < -0.4 is 15.2 Å². The first kappa shape index (κ1) is 18.8. The van der Waals surface area contributed by atoms with Crippen molar-refractivity contribution in [2.45, 2.75) is 26.7 Å². The molecule has 1 atom stereocenters. The van der Waals surface area contributed by atoms with Gasteiger partial charge in [0.2, 0.25) is 0 Å². The van der Waals surface area contributed by atoms with Crippen molar-refractivity contribution >= 4 is 17.2 Å². The zero-order valence-electron chi connectivity index (χ0n) is 16.4. The topological polar surface area (TPSA) is 45.3 Å². The lowest BCUT2D eigenvalue weighted by Gasteiger charge is -2.36. The molecular formula is C23H26N2O2S. The molecule has 1 fully saturated rings. The van der Waals surface area contributed by atoms with Crippen LogP contribution in [0, 0.1) is 19.8 Å². The van der Waals surface area contributed by atoms with Crippen molar-refractivity contribution in [3.05, 3.63) is 70.0 Å². The monoisotopic (exact) mass is 394 g/mol. The molecule has 4 nitrogen and oxygen atoms in total. The van der Waals surface area contributed by atoms with Gasteiger partial charge in [0, 0.05) is 30.8 Å². The summed E-state index contributed by atoms with van der Waals surface area (Å²) < 4.78 is 8.82. The summed E-state index contributed by atoms with van der Waals surface area (Å²) in [6.45, 7) is 7.30. The molecule has 0 amide bonds. The highest BCUT2D eigenvalue weighted by Gasteiger charge is 2.22. The third-order valence-electron chi connectivity index (χ3n) is 5.42. The number of nitrogens with zero attached hydrogens (tertiary/aromatic N) is 1. The number of hydrogen-bond donors (Lipinski definition) is 1. The van der Waals surface area contributed by atoms with Gasteiger partial charge in [0.25, 0.3) is 5.56 Å². The van der Waals surface area contributed by atoms with Crippen molar-refractivity contribution < 1.29 is 4.74 Å². The zero-order valence-corrected chi connectivity index (χ0v) is 17.2. The van der Waals surface area contributed by atoms with Crippen molar-refractivity contribution in [1.82, 2.24) is 4.37 Å². The van der Waals surface area contributed by atoms with Gasteiger partial charge >= 0.3 is 0 Å². The number of H-pyrrole nitrogens is 1. The Bertz CT molecular complexity index is 970. The fraction of sp³-hybridized carbons (Fsp3) is 0.348. The molecule has 0 radical (unpaired) electrons. The first-order valence-corrected chi connectivity index (χ1v) is 10.6. The lowest BCUT2D eigenvalue weighted by molar-refractivity contribution is 0.229. The Morgan fingerprint density at radius 1 is 1.14 bits per heavy atom. The molecule has 1 N–H and O–H groups in total. The minimum Gasteiger partial charge on any atom is -0.493 e. The normalized spacial score (nSPS) is 16.9. The largest absolute Gasteiger partial charge is 0.493 e. The standard InChI is InChI=1S/C23H26N2O2S/c1-16-5-3-6-17(2)23(16)25-12-4-7-18(14-25)15-27-20-10-8-19(9-11-20)21-13-22(26)24-28-21/h3,5-6,8-11,13,18H,4,7,12,14-15H2,1-2H3,(H,24,26)/t18-/m1/s1. The highest BCUT2D eigenvalue weighted by atomic mass is 32.1. The van der Waals surface area contributed by atoms with E-state index >= 15 is 0 Å². The van der Waals surface area contributed by atoms with Crippen LogP contribution in [0.25, 0.3) is 10.4 Å². The van der Waals surface area contributed by atoms with Gasteiger partial charge < -0.3 is 9.64 Å².